The second-order valence-corrected chi connectivity index (χ2v) is 17.5. The molecule has 0 heterocycles. The van der Waals surface area contributed by atoms with Gasteiger partial charge in [-0.2, -0.15) is 12.1 Å². The van der Waals surface area contributed by atoms with Gasteiger partial charge in [-0.1, -0.05) is 137 Å². The average molecular weight is 773 g/mol. The molecule has 244 valence electrons. The zero-order chi connectivity index (χ0) is 34.9. The second kappa shape index (κ2) is 17.6. The molecule has 0 fully saturated rings. The number of hydrogen-bond acceptors (Lipinski definition) is 0. The van der Waals surface area contributed by atoms with Gasteiger partial charge in [-0.05, 0) is 50.7 Å². The van der Waals surface area contributed by atoms with E-state index >= 15 is 0 Å². The van der Waals surface area contributed by atoms with Crippen molar-refractivity contribution in [3.8, 4) is 22.3 Å². The van der Waals surface area contributed by atoms with Crippen molar-refractivity contribution in [3.63, 3.8) is 0 Å². The molecule has 0 aliphatic carbocycles. The second-order valence-electron chi connectivity index (χ2n) is 12.7. The predicted octanol–water partition coefficient (Wildman–Crippen LogP) is 14.7. The summed E-state index contributed by atoms with van der Waals surface area (Å²) in [5, 5.41) is 10.6. The Bertz CT molecular complexity index is 2290. The van der Waals surface area contributed by atoms with Crippen LogP contribution in [0.15, 0.2) is 140 Å². The van der Waals surface area contributed by atoms with Crippen molar-refractivity contribution in [1.82, 2.24) is 0 Å². The molecular formula is C45H42Cl2SiZr. The molecule has 2 radical (unpaired) electrons. The first-order valence-electron chi connectivity index (χ1n) is 16.7. The summed E-state index contributed by atoms with van der Waals surface area (Å²) in [6, 6.07) is 50.9. The number of aryl methyl sites for hydroxylation is 2. The van der Waals surface area contributed by atoms with Crippen LogP contribution in [0, 0.1) is 13.8 Å². The molecule has 0 unspecified atom stereocenters. The Morgan fingerprint density at radius 2 is 1.10 bits per heavy atom. The average Bonchev–Trinajstić information content (AvgIpc) is 3.74. The van der Waals surface area contributed by atoms with Gasteiger partial charge in [0.1, 0.15) is 0 Å². The Kier molecular flexibility index (Phi) is 13.3. The minimum atomic E-state index is -0.826. The fourth-order valence-corrected chi connectivity index (χ4v) is 6.40. The third-order valence-corrected chi connectivity index (χ3v) is 8.81. The molecule has 0 aliphatic heterocycles. The van der Waals surface area contributed by atoms with Gasteiger partial charge in [-0.3, -0.25) is 0 Å². The van der Waals surface area contributed by atoms with Gasteiger partial charge in [-0.15, -0.1) is 68.6 Å². The van der Waals surface area contributed by atoms with Crippen LogP contribution in [0.5, 0.6) is 0 Å². The van der Waals surface area contributed by atoms with Crippen molar-refractivity contribution in [3.05, 3.63) is 156 Å². The Morgan fingerprint density at radius 1 is 0.571 bits per heavy atom. The predicted molar refractivity (Wildman–Crippen MR) is 218 cm³/mol. The van der Waals surface area contributed by atoms with Crippen molar-refractivity contribution < 1.29 is 20.8 Å². The first-order chi connectivity index (χ1) is 23.8. The fraction of sp³-hybridized carbons (Fsp3) is 0.156. The van der Waals surface area contributed by atoms with Crippen LogP contribution in [0.3, 0.4) is 0 Å². The summed E-state index contributed by atoms with van der Waals surface area (Å²) in [5.74, 6) is 0.567. The van der Waals surface area contributed by atoms with Crippen molar-refractivity contribution >= 4 is 69.6 Å². The normalized spacial score (nSPS) is 10.6. The van der Waals surface area contributed by atoms with E-state index in [2.05, 4.69) is 180 Å². The molecule has 0 N–H and O–H groups in total. The summed E-state index contributed by atoms with van der Waals surface area (Å²) in [6.45, 7) is 13.2. The van der Waals surface area contributed by atoms with Crippen LogP contribution in [0.2, 0.25) is 13.1 Å². The van der Waals surface area contributed by atoms with Gasteiger partial charge >= 0.3 is 37.9 Å². The van der Waals surface area contributed by atoms with Crippen LogP contribution < -0.4 is 0 Å². The van der Waals surface area contributed by atoms with E-state index in [1.807, 2.05) is 0 Å². The Balaban J connectivity index is 0.000000165. The topological polar surface area (TPSA) is 0 Å². The zero-order valence-electron chi connectivity index (χ0n) is 29.1. The molecule has 0 bridgehead atoms. The van der Waals surface area contributed by atoms with Crippen molar-refractivity contribution in [1.29, 1.82) is 0 Å². The molecule has 0 aliphatic rings. The Hall–Kier alpha value is -3.26. The van der Waals surface area contributed by atoms with Crippen molar-refractivity contribution in [2.75, 3.05) is 0 Å². The number of rotatable bonds is 3. The van der Waals surface area contributed by atoms with E-state index in [4.69, 9.17) is 17.0 Å². The first kappa shape index (κ1) is 37.0. The third-order valence-electron chi connectivity index (χ3n) is 8.81. The molecule has 8 aromatic carbocycles. The van der Waals surface area contributed by atoms with E-state index < -0.39 is 20.8 Å². The minimum absolute atomic E-state index is 0.567. The van der Waals surface area contributed by atoms with Crippen LogP contribution >= 0.6 is 17.0 Å². The SMILES string of the molecule is CC(C)c1cc2c(-c3ccc4ccccc4c3)cccc2[cH-]1.C[Si]C.Cc1cc2c(-c3ccc4ccccc4c3)ccc(C)c2[cH-]1.[Cl][Zr+2][Cl]. The van der Waals surface area contributed by atoms with Crippen molar-refractivity contribution in [2.24, 2.45) is 0 Å². The fourth-order valence-electron chi connectivity index (χ4n) is 6.40. The number of benzene rings is 6. The third kappa shape index (κ3) is 8.92. The molecular weight excluding hydrogens is 731 g/mol. The molecule has 0 aromatic heterocycles. The summed E-state index contributed by atoms with van der Waals surface area (Å²) < 4.78 is 0. The zero-order valence-corrected chi connectivity index (χ0v) is 34.1. The summed E-state index contributed by atoms with van der Waals surface area (Å²) in [6.07, 6.45) is 0. The van der Waals surface area contributed by atoms with Gasteiger partial charge in [0.25, 0.3) is 0 Å². The summed E-state index contributed by atoms with van der Waals surface area (Å²) >= 11 is -0.826. The molecule has 0 saturated carbocycles. The molecule has 0 nitrogen and oxygen atoms in total. The number of hydrogen-bond donors (Lipinski definition) is 0. The van der Waals surface area contributed by atoms with Gasteiger partial charge in [0.15, 0.2) is 0 Å². The number of fused-ring (bicyclic) bond motifs is 4. The molecule has 4 heteroatoms. The van der Waals surface area contributed by atoms with Crippen LogP contribution in [0.1, 0.15) is 36.5 Å². The molecule has 49 heavy (non-hydrogen) atoms. The summed E-state index contributed by atoms with van der Waals surface area (Å²) in [7, 11) is 11.0. The maximum absolute atomic E-state index is 4.93. The Morgan fingerprint density at radius 3 is 1.65 bits per heavy atom. The first-order valence-corrected chi connectivity index (χ1v) is 25.0. The molecule has 8 rings (SSSR count). The monoisotopic (exact) mass is 770 g/mol. The van der Waals surface area contributed by atoms with E-state index in [0.29, 0.717) is 5.92 Å². The molecule has 0 amide bonds. The maximum atomic E-state index is 4.93. The van der Waals surface area contributed by atoms with E-state index in [-0.39, 0.29) is 0 Å². The van der Waals surface area contributed by atoms with Gasteiger partial charge in [0.05, 0.1) is 0 Å². The quantitative estimate of drug-likeness (QED) is 0.124. The summed E-state index contributed by atoms with van der Waals surface area (Å²) in [5.41, 5.74) is 9.35. The van der Waals surface area contributed by atoms with E-state index in [1.165, 1.54) is 82.0 Å². The van der Waals surface area contributed by atoms with Crippen LogP contribution in [-0.4, -0.2) is 9.52 Å². The van der Waals surface area contributed by atoms with Crippen LogP contribution in [0.4, 0.5) is 0 Å². The summed E-state index contributed by atoms with van der Waals surface area (Å²) in [4.78, 5) is 0. The van der Waals surface area contributed by atoms with Gasteiger partial charge in [0.2, 0.25) is 0 Å². The van der Waals surface area contributed by atoms with E-state index in [9.17, 15) is 0 Å². The standard InChI is InChI=1S/C22H19.C21H17.C2H6Si.2ClH.Zr/c1-15(2)20-13-18-8-5-9-21(22(18)14-20)19-11-10-16-6-3-4-7-17(16)12-19;1-14-11-20-15(2)7-10-19(21(20)12-14)18-9-8-16-5-3-4-6-17(16)13-18;1-3-2;;;/h3-15H,1-2H3;3-13H,1-2H3;1-2H3;2*1H;/q2*-1;;;;+4/p-2. The van der Waals surface area contributed by atoms with Crippen LogP contribution in [-0.2, 0) is 20.8 Å². The number of halogens is 2. The molecule has 0 spiro atoms. The van der Waals surface area contributed by atoms with Crippen molar-refractivity contribution in [2.45, 2.75) is 46.7 Å². The molecule has 0 atom stereocenters. The van der Waals surface area contributed by atoms with E-state index in [1.54, 1.807) is 0 Å². The van der Waals surface area contributed by atoms with Gasteiger partial charge in [0, 0.05) is 9.52 Å². The van der Waals surface area contributed by atoms with Gasteiger partial charge in [-0.25, -0.2) is 0 Å². The molecule has 8 aromatic rings. The molecule has 0 saturated heterocycles. The Labute approximate surface area is 313 Å². The van der Waals surface area contributed by atoms with E-state index in [0.717, 1.165) is 9.52 Å². The van der Waals surface area contributed by atoms with Gasteiger partial charge < -0.3 is 0 Å². The van der Waals surface area contributed by atoms with Crippen LogP contribution in [0.25, 0.3) is 65.3 Å².